The molecule has 0 atom stereocenters. The van der Waals surface area contributed by atoms with E-state index in [4.69, 9.17) is 0 Å². The van der Waals surface area contributed by atoms with Gasteiger partial charge >= 0.3 is 0 Å². The minimum absolute atomic E-state index is 0.182. The number of phenols is 2. The molecule has 0 aromatic heterocycles. The molecule has 4 aliphatic rings. The van der Waals surface area contributed by atoms with Gasteiger partial charge in [-0.1, -0.05) is 23.8 Å². The molecule has 0 radical (unpaired) electrons. The first-order valence-electron chi connectivity index (χ1n) is 14.0. The highest BCUT2D eigenvalue weighted by Crippen LogP contribution is 2.34. The van der Waals surface area contributed by atoms with Crippen LogP contribution in [0.2, 0.25) is 0 Å². The van der Waals surface area contributed by atoms with Gasteiger partial charge in [-0.05, 0) is 111 Å². The summed E-state index contributed by atoms with van der Waals surface area (Å²) in [5.74, 6) is 0.000265. The Morgan fingerprint density at radius 1 is 0.732 bits per heavy atom. The Morgan fingerprint density at radius 2 is 1.29 bits per heavy atom. The summed E-state index contributed by atoms with van der Waals surface area (Å²) < 4.78 is 0. The van der Waals surface area contributed by atoms with E-state index in [-0.39, 0.29) is 23.3 Å². The fourth-order valence-corrected chi connectivity index (χ4v) is 6.85. The molecular formula is C31H34N4O4S2. The number of carbonyl (C=O) groups excluding carboxylic acids is 2. The number of rotatable bonds is 2. The Bertz CT molecular complexity index is 1440. The molecule has 0 spiro atoms. The number of phenolic OH excluding ortho intramolecular Hbond substituents is 2. The van der Waals surface area contributed by atoms with Gasteiger partial charge in [-0.25, -0.2) is 0 Å². The van der Waals surface area contributed by atoms with Crippen molar-refractivity contribution in [2.24, 2.45) is 9.98 Å². The van der Waals surface area contributed by atoms with Crippen molar-refractivity contribution >= 4 is 57.8 Å². The zero-order valence-corrected chi connectivity index (χ0v) is 24.7. The fraction of sp³-hybridized carbons (Fsp3) is 0.355. The van der Waals surface area contributed by atoms with E-state index in [9.17, 15) is 19.8 Å². The Hall–Kier alpha value is -3.50. The number of benzene rings is 2. The summed E-state index contributed by atoms with van der Waals surface area (Å²) in [6.07, 6.45) is 10.7. The van der Waals surface area contributed by atoms with Gasteiger partial charge in [-0.3, -0.25) is 9.59 Å². The standard InChI is InChI=1S/C16H18N2O2S.C15H16N2O2S/c1-11-5-6-13(19)12(9-11)10-14-15(20)17-16(21-14)18-7-3-2-4-8-18;18-12-6-4-5-11(9-12)10-13-14(19)16-15(20-13)17-7-2-1-3-8-17/h5-6,9-10,19H,2-4,7-8H2,1H3;4-6,9-10,18H,1-3,7-8H2/b14-10-;13-10-. The average Bonchev–Trinajstić information content (AvgIpc) is 3.53. The van der Waals surface area contributed by atoms with Gasteiger partial charge in [0.05, 0.1) is 9.81 Å². The van der Waals surface area contributed by atoms with Crippen LogP contribution in [0.5, 0.6) is 11.5 Å². The van der Waals surface area contributed by atoms with Crippen LogP contribution in [0.15, 0.2) is 62.3 Å². The van der Waals surface area contributed by atoms with Crippen molar-refractivity contribution in [3.8, 4) is 11.5 Å². The highest BCUT2D eigenvalue weighted by molar-refractivity contribution is 8.18. The predicted octanol–water partition coefficient (Wildman–Crippen LogP) is 6.01. The Labute approximate surface area is 248 Å². The zero-order valence-electron chi connectivity index (χ0n) is 23.1. The van der Waals surface area contributed by atoms with E-state index in [2.05, 4.69) is 19.8 Å². The van der Waals surface area contributed by atoms with Crippen LogP contribution in [-0.2, 0) is 9.59 Å². The molecule has 2 N–H and O–H groups in total. The van der Waals surface area contributed by atoms with Gasteiger partial charge in [0.25, 0.3) is 11.8 Å². The Kier molecular flexibility index (Phi) is 9.51. The van der Waals surface area contributed by atoms with Crippen LogP contribution in [0.1, 0.15) is 55.2 Å². The van der Waals surface area contributed by atoms with Crippen LogP contribution in [0.4, 0.5) is 0 Å². The van der Waals surface area contributed by atoms with Gasteiger partial charge in [0.1, 0.15) is 11.5 Å². The molecule has 2 fully saturated rings. The molecule has 2 saturated heterocycles. The molecule has 10 heteroatoms. The van der Waals surface area contributed by atoms with Crippen molar-refractivity contribution < 1.29 is 19.8 Å². The number of amides is 2. The molecule has 0 bridgehead atoms. The molecular weight excluding hydrogens is 556 g/mol. The number of thioether (sulfide) groups is 2. The summed E-state index contributed by atoms with van der Waals surface area (Å²) in [5.41, 5.74) is 2.53. The number of likely N-dealkylation sites (tertiary alicyclic amines) is 2. The number of aryl methyl sites for hydroxylation is 1. The van der Waals surface area contributed by atoms with Crippen molar-refractivity contribution in [1.82, 2.24) is 9.80 Å². The molecule has 0 aliphatic carbocycles. The van der Waals surface area contributed by atoms with Crippen LogP contribution >= 0.6 is 23.5 Å². The van der Waals surface area contributed by atoms with Gasteiger partial charge in [0, 0.05) is 31.7 Å². The van der Waals surface area contributed by atoms with Gasteiger partial charge in [-0.2, -0.15) is 9.98 Å². The average molecular weight is 591 g/mol. The molecule has 0 unspecified atom stereocenters. The topological polar surface area (TPSA) is 106 Å². The second kappa shape index (κ2) is 13.4. The third-order valence-electron chi connectivity index (χ3n) is 7.11. The second-order valence-corrected chi connectivity index (χ2v) is 12.4. The van der Waals surface area contributed by atoms with Gasteiger partial charge in [0.15, 0.2) is 10.3 Å². The third-order valence-corrected chi connectivity index (χ3v) is 9.20. The largest absolute Gasteiger partial charge is 0.508 e. The lowest BCUT2D eigenvalue weighted by atomic mass is 10.1. The first kappa shape index (κ1) is 29.0. The first-order chi connectivity index (χ1) is 19.9. The van der Waals surface area contributed by atoms with Crippen molar-refractivity contribution in [2.45, 2.75) is 45.4 Å². The van der Waals surface area contributed by atoms with Crippen molar-refractivity contribution in [2.75, 3.05) is 26.2 Å². The van der Waals surface area contributed by atoms with Crippen LogP contribution < -0.4 is 0 Å². The molecule has 0 saturated carbocycles. The van der Waals surface area contributed by atoms with Gasteiger partial charge < -0.3 is 20.0 Å². The lowest BCUT2D eigenvalue weighted by Gasteiger charge is -2.27. The van der Waals surface area contributed by atoms with Crippen LogP contribution in [0.25, 0.3) is 12.2 Å². The number of amidine groups is 2. The van der Waals surface area contributed by atoms with Crippen LogP contribution in [0.3, 0.4) is 0 Å². The summed E-state index contributed by atoms with van der Waals surface area (Å²) in [4.78, 5) is 37.9. The number of carbonyl (C=O) groups is 2. The van der Waals surface area contributed by atoms with Gasteiger partial charge in [-0.15, -0.1) is 0 Å². The van der Waals surface area contributed by atoms with E-state index in [1.54, 1.807) is 36.4 Å². The molecule has 4 heterocycles. The summed E-state index contributed by atoms with van der Waals surface area (Å²) >= 11 is 2.84. The molecule has 8 nitrogen and oxygen atoms in total. The zero-order chi connectivity index (χ0) is 28.8. The van der Waals surface area contributed by atoms with Crippen molar-refractivity contribution in [3.63, 3.8) is 0 Å². The van der Waals surface area contributed by atoms with E-state index >= 15 is 0 Å². The monoisotopic (exact) mass is 590 g/mol. The van der Waals surface area contributed by atoms with E-state index in [0.717, 1.165) is 60.5 Å². The highest BCUT2D eigenvalue weighted by Gasteiger charge is 2.28. The molecule has 2 aromatic carbocycles. The van der Waals surface area contributed by atoms with E-state index in [0.29, 0.717) is 15.4 Å². The molecule has 2 aromatic rings. The summed E-state index contributed by atoms with van der Waals surface area (Å²) in [7, 11) is 0. The number of aliphatic imine (C=N–C) groups is 2. The first-order valence-corrected chi connectivity index (χ1v) is 15.6. The minimum atomic E-state index is -0.207. The third kappa shape index (κ3) is 7.62. The van der Waals surface area contributed by atoms with E-state index in [1.165, 1.54) is 49.2 Å². The van der Waals surface area contributed by atoms with E-state index in [1.807, 2.05) is 25.1 Å². The SMILES string of the molecule is Cc1ccc(O)c(/C=C2\SC(N3CCCCC3)=NC2=O)c1.O=C1N=C(N2CCCCC2)S/C1=C\c1cccc(O)c1. The smallest absolute Gasteiger partial charge is 0.286 e. The maximum absolute atomic E-state index is 12.0. The van der Waals surface area contributed by atoms with Gasteiger partial charge in [0.2, 0.25) is 0 Å². The molecule has 6 rings (SSSR count). The summed E-state index contributed by atoms with van der Waals surface area (Å²) in [6.45, 7) is 5.88. The molecule has 41 heavy (non-hydrogen) atoms. The lowest BCUT2D eigenvalue weighted by molar-refractivity contribution is -0.114. The number of hydrogen-bond acceptors (Lipinski definition) is 8. The van der Waals surface area contributed by atoms with E-state index < -0.39 is 0 Å². The molecule has 4 aliphatic heterocycles. The maximum atomic E-state index is 12.0. The second-order valence-electron chi connectivity index (χ2n) is 10.4. The fourth-order valence-electron chi connectivity index (χ4n) is 4.93. The lowest BCUT2D eigenvalue weighted by Crippen LogP contribution is -2.33. The Balaban J connectivity index is 0.000000165. The number of hydrogen-bond donors (Lipinski definition) is 2. The van der Waals surface area contributed by atoms with Crippen LogP contribution in [0, 0.1) is 6.92 Å². The number of aromatic hydroxyl groups is 2. The highest BCUT2D eigenvalue weighted by atomic mass is 32.2. The summed E-state index contributed by atoms with van der Waals surface area (Å²) in [6, 6.07) is 12.2. The molecule has 2 amide bonds. The predicted molar refractivity (Wildman–Crippen MR) is 168 cm³/mol. The number of piperidine rings is 2. The quantitative estimate of drug-likeness (QED) is 0.410. The minimum Gasteiger partial charge on any atom is -0.508 e. The maximum Gasteiger partial charge on any atom is 0.286 e. The number of nitrogens with zero attached hydrogens (tertiary/aromatic N) is 4. The summed E-state index contributed by atoms with van der Waals surface area (Å²) in [5, 5.41) is 21.0. The normalized spacial score (nSPS) is 21.2. The Morgan fingerprint density at radius 3 is 1.85 bits per heavy atom. The van der Waals surface area contributed by atoms with Crippen molar-refractivity contribution in [1.29, 1.82) is 0 Å². The molecule has 214 valence electrons. The van der Waals surface area contributed by atoms with Crippen LogP contribution in [-0.4, -0.2) is 68.3 Å². The van der Waals surface area contributed by atoms with Crippen molar-refractivity contribution in [3.05, 3.63) is 69.0 Å².